The topological polar surface area (TPSA) is 84.3 Å². The Morgan fingerprint density at radius 3 is 2.40 bits per heavy atom. The van der Waals surface area contributed by atoms with Crippen molar-refractivity contribution in [3.63, 3.8) is 0 Å². The van der Waals surface area contributed by atoms with Gasteiger partial charge in [-0.3, -0.25) is 9.10 Å². The summed E-state index contributed by atoms with van der Waals surface area (Å²) in [5.74, 6) is -0.785. The third-order valence-electron chi connectivity index (χ3n) is 4.96. The fraction of sp³-hybridized carbons (Fsp3) is 0.238. The van der Waals surface area contributed by atoms with Crippen LogP contribution in [-0.4, -0.2) is 36.4 Å². The summed E-state index contributed by atoms with van der Waals surface area (Å²) in [6.07, 6.45) is 0.587. The lowest BCUT2D eigenvalue weighted by Crippen LogP contribution is -2.25. The van der Waals surface area contributed by atoms with Crippen molar-refractivity contribution in [2.45, 2.75) is 20.3 Å². The predicted molar refractivity (Wildman–Crippen MR) is 113 cm³/mol. The summed E-state index contributed by atoms with van der Waals surface area (Å²) in [4.78, 5) is 12.5. The normalized spacial score (nSPS) is 15.4. The zero-order chi connectivity index (χ0) is 21.5. The summed E-state index contributed by atoms with van der Waals surface area (Å²) in [6, 6.07) is 12.6. The number of hydrogen-bond acceptors (Lipinski definition) is 4. The van der Waals surface area contributed by atoms with E-state index < -0.39 is 21.7 Å². The maximum atomic E-state index is 14.6. The molecule has 4 rings (SSSR count). The molecule has 0 radical (unpaired) electrons. The number of halogens is 1. The van der Waals surface area contributed by atoms with Gasteiger partial charge in [0.25, 0.3) is 5.91 Å². The monoisotopic (exact) mass is 428 g/mol. The largest absolute Gasteiger partial charge is 0.322 e. The number of aryl methyl sites for hydroxylation is 2. The summed E-state index contributed by atoms with van der Waals surface area (Å²) < 4.78 is 41.5. The number of carbonyl (C=O) groups is 1. The summed E-state index contributed by atoms with van der Waals surface area (Å²) >= 11 is 0. The van der Waals surface area contributed by atoms with Gasteiger partial charge < -0.3 is 5.32 Å². The van der Waals surface area contributed by atoms with Crippen molar-refractivity contribution >= 4 is 27.3 Å². The molecule has 1 N–H and O–H groups in total. The molecule has 0 bridgehead atoms. The van der Waals surface area contributed by atoms with E-state index in [2.05, 4.69) is 10.4 Å². The Labute approximate surface area is 174 Å². The lowest BCUT2D eigenvalue weighted by atomic mass is 10.2. The minimum absolute atomic E-state index is 0.133. The van der Waals surface area contributed by atoms with Gasteiger partial charge in [0, 0.05) is 23.5 Å². The van der Waals surface area contributed by atoms with Crippen molar-refractivity contribution in [3.8, 4) is 5.69 Å². The van der Waals surface area contributed by atoms with Crippen LogP contribution in [0, 0.1) is 19.7 Å². The smallest absolute Gasteiger partial charge is 0.255 e. The van der Waals surface area contributed by atoms with Gasteiger partial charge >= 0.3 is 0 Å². The number of amides is 1. The Morgan fingerprint density at radius 1 is 1.10 bits per heavy atom. The van der Waals surface area contributed by atoms with Crippen LogP contribution in [0.2, 0.25) is 0 Å². The number of sulfonamides is 1. The summed E-state index contributed by atoms with van der Waals surface area (Å²) in [5.41, 5.74) is 3.09. The van der Waals surface area contributed by atoms with Crippen LogP contribution in [-0.2, 0) is 10.0 Å². The highest BCUT2D eigenvalue weighted by molar-refractivity contribution is 7.93. The molecular weight excluding hydrogens is 407 g/mol. The SMILES string of the molecule is Cc1cc(C)n(-c2ccc(NC(=O)c3ccc(N4CCCS4(=O)=O)cc3)cc2F)n1. The van der Waals surface area contributed by atoms with Crippen molar-refractivity contribution in [3.05, 3.63) is 71.3 Å². The fourth-order valence-electron chi connectivity index (χ4n) is 3.54. The molecule has 156 valence electrons. The highest BCUT2D eigenvalue weighted by Crippen LogP contribution is 2.25. The van der Waals surface area contributed by atoms with Crippen molar-refractivity contribution in [2.24, 2.45) is 0 Å². The van der Waals surface area contributed by atoms with Crippen LogP contribution in [0.4, 0.5) is 15.8 Å². The van der Waals surface area contributed by atoms with Crippen molar-refractivity contribution in [1.82, 2.24) is 9.78 Å². The van der Waals surface area contributed by atoms with Gasteiger partial charge in [0.2, 0.25) is 10.0 Å². The summed E-state index contributed by atoms with van der Waals surface area (Å²) in [6.45, 7) is 4.11. The second-order valence-electron chi connectivity index (χ2n) is 7.25. The van der Waals surface area contributed by atoms with Gasteiger partial charge in [0.1, 0.15) is 5.69 Å². The molecule has 1 fully saturated rings. The zero-order valence-electron chi connectivity index (χ0n) is 16.6. The molecule has 1 amide bonds. The molecule has 0 spiro atoms. The summed E-state index contributed by atoms with van der Waals surface area (Å²) in [5, 5.41) is 6.94. The van der Waals surface area contributed by atoms with Crippen molar-refractivity contribution in [2.75, 3.05) is 21.9 Å². The second-order valence-corrected chi connectivity index (χ2v) is 9.26. The third kappa shape index (κ3) is 3.80. The first-order chi connectivity index (χ1) is 14.2. The zero-order valence-corrected chi connectivity index (χ0v) is 17.4. The van der Waals surface area contributed by atoms with Crippen molar-refractivity contribution < 1.29 is 17.6 Å². The molecule has 0 saturated carbocycles. The molecule has 0 aliphatic carbocycles. The van der Waals surface area contributed by atoms with Crippen LogP contribution < -0.4 is 9.62 Å². The Morgan fingerprint density at radius 2 is 1.83 bits per heavy atom. The molecule has 7 nitrogen and oxygen atoms in total. The van der Waals surface area contributed by atoms with E-state index in [4.69, 9.17) is 0 Å². The molecular formula is C21H21FN4O3S. The quantitative estimate of drug-likeness (QED) is 0.690. The minimum Gasteiger partial charge on any atom is -0.322 e. The molecule has 0 unspecified atom stereocenters. The van der Waals surface area contributed by atoms with E-state index in [-0.39, 0.29) is 5.75 Å². The number of anilines is 2. The lowest BCUT2D eigenvalue weighted by Gasteiger charge is -2.17. The predicted octanol–water partition coefficient (Wildman–Crippen LogP) is 3.42. The van der Waals surface area contributed by atoms with Gasteiger partial charge in [-0.2, -0.15) is 5.10 Å². The van der Waals surface area contributed by atoms with E-state index in [1.54, 1.807) is 36.4 Å². The van der Waals surface area contributed by atoms with Gasteiger partial charge in [0.15, 0.2) is 5.82 Å². The minimum atomic E-state index is -3.27. The van der Waals surface area contributed by atoms with E-state index in [1.807, 2.05) is 19.9 Å². The number of benzene rings is 2. The maximum Gasteiger partial charge on any atom is 0.255 e. The van der Waals surface area contributed by atoms with E-state index >= 15 is 0 Å². The Hall–Kier alpha value is -3.20. The highest BCUT2D eigenvalue weighted by atomic mass is 32.2. The van der Waals surface area contributed by atoms with Gasteiger partial charge in [-0.05, 0) is 68.8 Å². The maximum absolute atomic E-state index is 14.6. The molecule has 1 aliphatic rings. The number of nitrogens with zero attached hydrogens (tertiary/aromatic N) is 3. The molecule has 3 aromatic rings. The van der Waals surface area contributed by atoms with Crippen LogP contribution in [0.15, 0.2) is 48.5 Å². The van der Waals surface area contributed by atoms with Crippen LogP contribution in [0.5, 0.6) is 0 Å². The molecule has 30 heavy (non-hydrogen) atoms. The molecule has 9 heteroatoms. The lowest BCUT2D eigenvalue weighted by molar-refractivity contribution is 0.102. The third-order valence-corrected chi connectivity index (χ3v) is 6.83. The van der Waals surface area contributed by atoms with Crippen LogP contribution in [0.3, 0.4) is 0 Å². The van der Waals surface area contributed by atoms with E-state index in [0.717, 1.165) is 11.4 Å². The van der Waals surface area contributed by atoms with Crippen LogP contribution >= 0.6 is 0 Å². The molecule has 1 aromatic heterocycles. The number of hydrogen-bond donors (Lipinski definition) is 1. The molecule has 0 atom stereocenters. The van der Waals surface area contributed by atoms with E-state index in [0.29, 0.717) is 35.6 Å². The van der Waals surface area contributed by atoms with Crippen LogP contribution in [0.1, 0.15) is 28.2 Å². The molecule has 2 aromatic carbocycles. The fourth-order valence-corrected chi connectivity index (χ4v) is 5.11. The van der Waals surface area contributed by atoms with E-state index in [9.17, 15) is 17.6 Å². The standard InChI is InChI=1S/C21H21FN4O3S/c1-14-12-15(2)26(24-14)20-9-6-17(13-19(20)22)23-21(27)16-4-7-18(8-5-16)25-10-3-11-30(25,28)29/h4-9,12-13H,3,10-11H2,1-2H3,(H,23,27). The molecule has 1 saturated heterocycles. The van der Waals surface area contributed by atoms with Gasteiger partial charge in [-0.15, -0.1) is 0 Å². The number of nitrogens with one attached hydrogen (secondary N) is 1. The summed E-state index contributed by atoms with van der Waals surface area (Å²) in [7, 11) is -3.27. The van der Waals surface area contributed by atoms with Crippen LogP contribution in [0.25, 0.3) is 5.69 Å². The average Bonchev–Trinajstić information content (AvgIpc) is 3.22. The second kappa shape index (κ2) is 7.56. The first-order valence-electron chi connectivity index (χ1n) is 9.50. The van der Waals surface area contributed by atoms with Gasteiger partial charge in [0.05, 0.1) is 17.1 Å². The first-order valence-corrected chi connectivity index (χ1v) is 11.1. The Bertz CT molecular complexity index is 1220. The Balaban J connectivity index is 1.50. The van der Waals surface area contributed by atoms with Crippen molar-refractivity contribution in [1.29, 1.82) is 0 Å². The van der Waals surface area contributed by atoms with E-state index in [1.165, 1.54) is 15.1 Å². The highest BCUT2D eigenvalue weighted by Gasteiger charge is 2.28. The average molecular weight is 428 g/mol. The number of carbonyl (C=O) groups excluding carboxylic acids is 1. The number of aromatic nitrogens is 2. The first kappa shape index (κ1) is 20.1. The number of rotatable bonds is 4. The van der Waals surface area contributed by atoms with Gasteiger partial charge in [-0.1, -0.05) is 0 Å². The van der Waals surface area contributed by atoms with Gasteiger partial charge in [-0.25, -0.2) is 17.5 Å². The Kier molecular flexibility index (Phi) is 5.07. The molecule has 1 aliphatic heterocycles. The molecule has 2 heterocycles.